The van der Waals surface area contributed by atoms with Crippen molar-refractivity contribution in [1.29, 1.82) is 0 Å². The molecule has 6 nitrogen and oxygen atoms in total. The van der Waals surface area contributed by atoms with Gasteiger partial charge in [-0.1, -0.05) is 24.3 Å². The predicted molar refractivity (Wildman–Crippen MR) is 122 cm³/mol. The van der Waals surface area contributed by atoms with Gasteiger partial charge in [-0.25, -0.2) is 18.2 Å². The number of aromatic nitrogens is 2. The van der Waals surface area contributed by atoms with Crippen LogP contribution in [0.4, 0.5) is 13.2 Å². The van der Waals surface area contributed by atoms with Crippen molar-refractivity contribution in [1.82, 2.24) is 9.38 Å². The molecule has 0 atom stereocenters. The van der Waals surface area contributed by atoms with Gasteiger partial charge in [-0.2, -0.15) is 0 Å². The van der Waals surface area contributed by atoms with E-state index in [0.29, 0.717) is 5.69 Å². The number of hydrogen-bond donors (Lipinski definition) is 2. The molecule has 0 aliphatic rings. The van der Waals surface area contributed by atoms with Crippen LogP contribution >= 0.6 is 0 Å². The third kappa shape index (κ3) is 4.52. The minimum absolute atomic E-state index is 0.0285. The van der Waals surface area contributed by atoms with E-state index in [9.17, 15) is 28.2 Å². The van der Waals surface area contributed by atoms with E-state index in [1.165, 1.54) is 28.7 Å². The predicted octanol–water partition coefficient (Wildman–Crippen LogP) is 4.13. The lowest BCUT2D eigenvalue weighted by Gasteiger charge is -2.30. The van der Waals surface area contributed by atoms with E-state index >= 15 is 0 Å². The smallest absolute Gasteiger partial charge is 0.182 e. The molecule has 0 bridgehead atoms. The normalized spacial score (nSPS) is 11.7. The van der Waals surface area contributed by atoms with Crippen LogP contribution in [0.5, 0.6) is 5.75 Å². The number of hydrogen-bond acceptors (Lipinski definition) is 5. The molecule has 0 unspecified atom stereocenters. The number of pyridine rings is 1. The first-order valence-electron chi connectivity index (χ1n) is 10.8. The van der Waals surface area contributed by atoms with Crippen LogP contribution < -0.4 is 4.74 Å². The average Bonchev–Trinajstić information content (AvgIpc) is 3.19. The molecule has 182 valence electrons. The van der Waals surface area contributed by atoms with Crippen molar-refractivity contribution in [3.8, 4) is 5.75 Å². The number of fused-ring (bicyclic) bond motifs is 1. The lowest BCUT2D eigenvalue weighted by atomic mass is 9.77. The first-order chi connectivity index (χ1) is 16.8. The molecule has 2 N–H and O–H groups in total. The SMILES string of the molecule is Cc1nc2c(OCc3c(F)cccc3F)cccn2c1C(=O)CC(CO)(CO)c1ccccc1F. The molecule has 0 fully saturated rings. The maximum Gasteiger partial charge on any atom is 0.182 e. The Kier molecular flexibility index (Phi) is 6.90. The van der Waals surface area contributed by atoms with Gasteiger partial charge in [-0.05, 0) is 42.8 Å². The maximum atomic E-state index is 14.5. The third-order valence-electron chi connectivity index (χ3n) is 6.04. The largest absolute Gasteiger partial charge is 0.485 e. The van der Waals surface area contributed by atoms with E-state index in [1.54, 1.807) is 31.3 Å². The number of benzene rings is 2. The highest BCUT2D eigenvalue weighted by Gasteiger charge is 2.37. The summed E-state index contributed by atoms with van der Waals surface area (Å²) in [6.45, 7) is -0.106. The summed E-state index contributed by atoms with van der Waals surface area (Å²) in [6.07, 6.45) is 1.18. The number of carbonyl (C=O) groups excluding carboxylic acids is 1. The summed E-state index contributed by atoms with van der Waals surface area (Å²) in [4.78, 5) is 17.8. The Morgan fingerprint density at radius 2 is 1.63 bits per heavy atom. The molecule has 0 aliphatic heterocycles. The van der Waals surface area contributed by atoms with E-state index in [0.717, 1.165) is 12.1 Å². The molecule has 0 amide bonds. The highest BCUT2D eigenvalue weighted by atomic mass is 19.1. The summed E-state index contributed by atoms with van der Waals surface area (Å²) in [5.74, 6) is -2.43. The average molecular weight is 484 g/mol. The Morgan fingerprint density at radius 1 is 0.971 bits per heavy atom. The standard InChI is InChI=1S/C26H23F3N2O4/c1-16-24(22(34)12-26(14-32,15-33)18-6-2-3-7-21(18)29)31-11-5-10-23(25(31)30-16)35-13-17-19(27)8-4-9-20(17)28/h2-11,32-33H,12-15H2,1H3. The second-order valence-corrected chi connectivity index (χ2v) is 8.28. The van der Waals surface area contributed by atoms with Crippen molar-refractivity contribution in [2.45, 2.75) is 25.4 Å². The van der Waals surface area contributed by atoms with Crippen LogP contribution in [0.15, 0.2) is 60.8 Å². The Bertz CT molecular complexity index is 1360. The number of nitrogens with zero attached hydrogens (tertiary/aromatic N) is 2. The molecule has 4 rings (SSSR count). The molecule has 4 aromatic rings. The summed E-state index contributed by atoms with van der Waals surface area (Å²) in [6, 6.07) is 12.3. The summed E-state index contributed by atoms with van der Waals surface area (Å²) < 4.78 is 49.6. The number of aliphatic hydroxyl groups excluding tert-OH is 2. The number of ether oxygens (including phenoxy) is 1. The van der Waals surface area contributed by atoms with E-state index in [-0.39, 0.29) is 34.6 Å². The van der Waals surface area contributed by atoms with Crippen molar-refractivity contribution in [2.24, 2.45) is 0 Å². The molecule has 2 aromatic carbocycles. The first-order valence-corrected chi connectivity index (χ1v) is 10.8. The van der Waals surface area contributed by atoms with Crippen molar-refractivity contribution in [3.63, 3.8) is 0 Å². The van der Waals surface area contributed by atoms with Gasteiger partial charge in [0.25, 0.3) is 0 Å². The zero-order valence-corrected chi connectivity index (χ0v) is 18.8. The number of halogens is 3. The molecule has 0 radical (unpaired) electrons. The fourth-order valence-electron chi connectivity index (χ4n) is 4.13. The molecular weight excluding hydrogens is 461 g/mol. The van der Waals surface area contributed by atoms with Gasteiger partial charge in [-0.3, -0.25) is 9.20 Å². The Hall–Kier alpha value is -3.69. The molecule has 0 saturated heterocycles. The zero-order chi connectivity index (χ0) is 25.2. The summed E-state index contributed by atoms with van der Waals surface area (Å²) in [5, 5.41) is 20.1. The molecule has 0 aliphatic carbocycles. The van der Waals surface area contributed by atoms with Gasteiger partial charge < -0.3 is 14.9 Å². The van der Waals surface area contributed by atoms with Gasteiger partial charge in [0.2, 0.25) is 0 Å². The van der Waals surface area contributed by atoms with E-state index < -0.39 is 48.5 Å². The van der Waals surface area contributed by atoms with E-state index in [4.69, 9.17) is 4.74 Å². The second kappa shape index (κ2) is 9.89. The number of Topliss-reactive ketones (excluding diaryl/α,β-unsaturated/α-hetero) is 1. The maximum absolute atomic E-state index is 14.5. The molecule has 0 saturated carbocycles. The molecule has 2 heterocycles. The van der Waals surface area contributed by atoms with Crippen molar-refractivity contribution >= 4 is 11.4 Å². The van der Waals surface area contributed by atoms with Crippen LogP contribution in [0.3, 0.4) is 0 Å². The highest BCUT2D eigenvalue weighted by Crippen LogP contribution is 2.32. The number of rotatable bonds is 9. The molecule has 2 aromatic heterocycles. The molecule has 9 heteroatoms. The number of carbonyl (C=O) groups is 1. The summed E-state index contributed by atoms with van der Waals surface area (Å²) in [5.41, 5.74) is -1.02. The summed E-state index contributed by atoms with van der Waals surface area (Å²) >= 11 is 0. The molecular formula is C26H23F3N2O4. The fraction of sp³-hybridized carbons (Fsp3) is 0.231. The lowest BCUT2D eigenvalue weighted by Crippen LogP contribution is -2.38. The molecule has 35 heavy (non-hydrogen) atoms. The van der Waals surface area contributed by atoms with E-state index in [2.05, 4.69) is 4.98 Å². The van der Waals surface area contributed by atoms with Gasteiger partial charge in [0.05, 0.1) is 29.9 Å². The van der Waals surface area contributed by atoms with Crippen LogP contribution in [-0.2, 0) is 12.0 Å². The number of aliphatic hydroxyl groups is 2. The minimum atomic E-state index is -1.55. The van der Waals surface area contributed by atoms with Crippen LogP contribution in [0.2, 0.25) is 0 Å². The molecule has 0 spiro atoms. The topological polar surface area (TPSA) is 84.1 Å². The third-order valence-corrected chi connectivity index (χ3v) is 6.04. The Morgan fingerprint density at radius 3 is 2.29 bits per heavy atom. The van der Waals surface area contributed by atoms with Crippen LogP contribution in [0.1, 0.15) is 33.7 Å². The van der Waals surface area contributed by atoms with Crippen molar-refractivity contribution in [2.75, 3.05) is 13.2 Å². The fourth-order valence-corrected chi connectivity index (χ4v) is 4.13. The Balaban J connectivity index is 1.68. The van der Waals surface area contributed by atoms with Gasteiger partial charge in [0.15, 0.2) is 17.2 Å². The number of aryl methyl sites for hydroxylation is 1. The number of ketones is 1. The monoisotopic (exact) mass is 484 g/mol. The quantitative estimate of drug-likeness (QED) is 0.349. The van der Waals surface area contributed by atoms with Crippen LogP contribution in [-0.4, -0.2) is 38.6 Å². The van der Waals surface area contributed by atoms with Gasteiger partial charge >= 0.3 is 0 Å². The Labute approximate surface area is 199 Å². The van der Waals surface area contributed by atoms with Gasteiger partial charge in [-0.15, -0.1) is 0 Å². The summed E-state index contributed by atoms with van der Waals surface area (Å²) in [7, 11) is 0. The van der Waals surface area contributed by atoms with E-state index in [1.807, 2.05) is 0 Å². The van der Waals surface area contributed by atoms with Crippen molar-refractivity contribution < 1.29 is 32.9 Å². The first kappa shape index (κ1) is 24.4. The van der Waals surface area contributed by atoms with Gasteiger partial charge in [0, 0.05) is 12.6 Å². The second-order valence-electron chi connectivity index (χ2n) is 8.28. The van der Waals surface area contributed by atoms with Crippen molar-refractivity contribution in [3.05, 3.63) is 101 Å². The highest BCUT2D eigenvalue weighted by molar-refractivity contribution is 5.97. The number of imidazole rings is 1. The minimum Gasteiger partial charge on any atom is -0.485 e. The van der Waals surface area contributed by atoms with Crippen LogP contribution in [0.25, 0.3) is 5.65 Å². The zero-order valence-electron chi connectivity index (χ0n) is 18.8. The van der Waals surface area contributed by atoms with Crippen LogP contribution in [0, 0.1) is 24.4 Å². The lowest BCUT2D eigenvalue weighted by molar-refractivity contribution is 0.0773. The van der Waals surface area contributed by atoms with Gasteiger partial charge in [0.1, 0.15) is 29.8 Å².